The van der Waals surface area contributed by atoms with Crippen LogP contribution < -0.4 is 0 Å². The number of carboxylic acids is 1. The van der Waals surface area contributed by atoms with Gasteiger partial charge in [-0.15, -0.1) is 0 Å². The zero-order chi connectivity index (χ0) is 16.5. The summed E-state index contributed by atoms with van der Waals surface area (Å²) in [5.74, 6) is -0.952. The van der Waals surface area contributed by atoms with Crippen molar-refractivity contribution < 1.29 is 9.90 Å². The van der Waals surface area contributed by atoms with E-state index >= 15 is 0 Å². The van der Waals surface area contributed by atoms with E-state index in [1.807, 2.05) is 42.6 Å². The Morgan fingerprint density at radius 1 is 0.958 bits per heavy atom. The minimum atomic E-state index is -0.952. The first kappa shape index (κ1) is 14.2. The van der Waals surface area contributed by atoms with Crippen molar-refractivity contribution in [2.45, 2.75) is 0 Å². The Kier molecular flexibility index (Phi) is 3.35. The van der Waals surface area contributed by atoms with Crippen molar-refractivity contribution in [3.05, 3.63) is 78.6 Å². The molecule has 0 spiro atoms. The topological polar surface area (TPSA) is 66.0 Å². The highest BCUT2D eigenvalue weighted by molar-refractivity contribution is 5.98. The summed E-state index contributed by atoms with van der Waals surface area (Å²) in [6.45, 7) is 0. The lowest BCUT2D eigenvalue weighted by Crippen LogP contribution is -1.97. The highest BCUT2D eigenvalue weighted by Crippen LogP contribution is 2.31. The Balaban J connectivity index is 1.86. The van der Waals surface area contributed by atoms with Gasteiger partial charge >= 0.3 is 5.97 Å². The zero-order valence-electron chi connectivity index (χ0n) is 12.7. The van der Waals surface area contributed by atoms with Crippen LogP contribution in [0.15, 0.2) is 73.1 Å². The summed E-state index contributed by atoms with van der Waals surface area (Å²) in [6, 6.07) is 19.2. The normalized spacial score (nSPS) is 10.8. The second kappa shape index (κ2) is 5.66. The van der Waals surface area contributed by atoms with Gasteiger partial charge in [0.1, 0.15) is 0 Å². The lowest BCUT2D eigenvalue weighted by molar-refractivity contribution is 0.0697. The number of benzene rings is 2. The molecule has 0 amide bonds. The first-order valence-electron chi connectivity index (χ1n) is 7.58. The van der Waals surface area contributed by atoms with E-state index in [0.717, 1.165) is 27.6 Å². The van der Waals surface area contributed by atoms with Gasteiger partial charge in [0, 0.05) is 34.4 Å². The van der Waals surface area contributed by atoms with Gasteiger partial charge in [0.25, 0.3) is 0 Å². The number of hydrogen-bond acceptors (Lipinski definition) is 2. The number of H-pyrrole nitrogens is 1. The highest BCUT2D eigenvalue weighted by atomic mass is 16.4. The Bertz CT molecular complexity index is 1040. The van der Waals surface area contributed by atoms with Crippen LogP contribution >= 0.6 is 0 Å². The third-order valence-corrected chi connectivity index (χ3v) is 4.07. The molecule has 0 saturated carbocycles. The number of hydrogen-bond donors (Lipinski definition) is 2. The van der Waals surface area contributed by atoms with Crippen LogP contribution in [0.25, 0.3) is 33.3 Å². The molecule has 2 aromatic carbocycles. The van der Waals surface area contributed by atoms with Gasteiger partial charge in [-0.1, -0.05) is 36.4 Å². The molecule has 0 aliphatic carbocycles. The van der Waals surface area contributed by atoms with Crippen molar-refractivity contribution >= 4 is 16.9 Å². The van der Waals surface area contributed by atoms with Crippen LogP contribution in [0.5, 0.6) is 0 Å². The van der Waals surface area contributed by atoms with E-state index in [-0.39, 0.29) is 5.56 Å². The third kappa shape index (κ3) is 2.44. The molecule has 4 nitrogen and oxygen atoms in total. The molecule has 0 fully saturated rings. The van der Waals surface area contributed by atoms with Crippen LogP contribution in [0.3, 0.4) is 0 Å². The fourth-order valence-corrected chi connectivity index (χ4v) is 2.86. The largest absolute Gasteiger partial charge is 0.478 e. The number of rotatable bonds is 3. The van der Waals surface area contributed by atoms with Crippen molar-refractivity contribution in [3.8, 4) is 22.4 Å². The number of nitrogens with zero attached hydrogens (tertiary/aromatic N) is 1. The van der Waals surface area contributed by atoms with Crippen molar-refractivity contribution in [1.82, 2.24) is 9.97 Å². The maximum Gasteiger partial charge on any atom is 0.335 e. The van der Waals surface area contributed by atoms with Crippen molar-refractivity contribution in [2.24, 2.45) is 0 Å². The van der Waals surface area contributed by atoms with Gasteiger partial charge < -0.3 is 10.1 Å². The fourth-order valence-electron chi connectivity index (χ4n) is 2.86. The Morgan fingerprint density at radius 3 is 2.58 bits per heavy atom. The van der Waals surface area contributed by atoms with Crippen molar-refractivity contribution in [1.29, 1.82) is 0 Å². The van der Waals surface area contributed by atoms with Gasteiger partial charge in [0.15, 0.2) is 0 Å². The summed E-state index contributed by atoms with van der Waals surface area (Å²) in [5.41, 5.74) is 5.05. The Morgan fingerprint density at radius 2 is 1.79 bits per heavy atom. The van der Waals surface area contributed by atoms with E-state index in [9.17, 15) is 4.79 Å². The van der Waals surface area contributed by atoms with Crippen LogP contribution in [0, 0.1) is 0 Å². The summed E-state index contributed by atoms with van der Waals surface area (Å²) in [7, 11) is 0. The molecule has 4 aromatic rings. The molecule has 24 heavy (non-hydrogen) atoms. The van der Waals surface area contributed by atoms with Gasteiger partial charge in [-0.25, -0.2) is 4.79 Å². The molecule has 4 rings (SSSR count). The van der Waals surface area contributed by atoms with E-state index in [1.54, 1.807) is 6.07 Å². The molecule has 0 radical (unpaired) electrons. The van der Waals surface area contributed by atoms with Crippen LogP contribution in [0.2, 0.25) is 0 Å². The van der Waals surface area contributed by atoms with Gasteiger partial charge in [-0.3, -0.25) is 4.98 Å². The SMILES string of the molecule is O=C(O)c1ccnc(-c2ccc3[nH]cc(-c4ccccc4)c3c2)c1. The summed E-state index contributed by atoms with van der Waals surface area (Å²) in [6.07, 6.45) is 3.52. The minimum Gasteiger partial charge on any atom is -0.478 e. The maximum atomic E-state index is 11.2. The number of aromatic amines is 1. The standard InChI is InChI=1S/C20H14N2O2/c23-20(24)15-8-9-21-19(11-15)14-6-7-18-16(10-14)17(12-22-18)13-4-2-1-3-5-13/h1-12,22H,(H,23,24). The van der Waals surface area contributed by atoms with E-state index in [0.29, 0.717) is 5.69 Å². The van der Waals surface area contributed by atoms with Gasteiger partial charge in [0.05, 0.1) is 11.3 Å². The molecule has 0 bridgehead atoms. The molecule has 4 heteroatoms. The van der Waals surface area contributed by atoms with E-state index in [2.05, 4.69) is 22.1 Å². The smallest absolute Gasteiger partial charge is 0.335 e. The quantitative estimate of drug-likeness (QED) is 0.581. The van der Waals surface area contributed by atoms with E-state index < -0.39 is 5.97 Å². The van der Waals surface area contributed by atoms with E-state index in [4.69, 9.17) is 5.11 Å². The molecular formula is C20H14N2O2. The summed E-state index contributed by atoms with van der Waals surface area (Å²) >= 11 is 0. The van der Waals surface area contributed by atoms with Gasteiger partial charge in [-0.2, -0.15) is 0 Å². The van der Waals surface area contributed by atoms with Crippen LogP contribution in [-0.2, 0) is 0 Å². The lowest BCUT2D eigenvalue weighted by Gasteiger charge is -2.04. The third-order valence-electron chi connectivity index (χ3n) is 4.07. The van der Waals surface area contributed by atoms with Crippen LogP contribution in [-0.4, -0.2) is 21.0 Å². The molecule has 0 saturated heterocycles. The van der Waals surface area contributed by atoms with Crippen LogP contribution in [0.1, 0.15) is 10.4 Å². The highest BCUT2D eigenvalue weighted by Gasteiger charge is 2.10. The molecular weight excluding hydrogens is 300 g/mol. The predicted octanol–water partition coefficient (Wildman–Crippen LogP) is 4.60. The Hall–Kier alpha value is -3.40. The van der Waals surface area contributed by atoms with Crippen molar-refractivity contribution in [2.75, 3.05) is 0 Å². The van der Waals surface area contributed by atoms with Gasteiger partial charge in [-0.05, 0) is 29.8 Å². The summed E-state index contributed by atoms with van der Waals surface area (Å²) in [4.78, 5) is 18.8. The Labute approximate surface area is 138 Å². The zero-order valence-corrected chi connectivity index (χ0v) is 12.7. The van der Waals surface area contributed by atoms with Crippen LogP contribution in [0.4, 0.5) is 0 Å². The molecule has 2 heterocycles. The molecule has 0 unspecified atom stereocenters. The number of pyridine rings is 1. The number of carbonyl (C=O) groups is 1. The van der Waals surface area contributed by atoms with E-state index in [1.165, 1.54) is 12.3 Å². The molecule has 0 aliphatic heterocycles. The lowest BCUT2D eigenvalue weighted by atomic mass is 10.0. The molecule has 116 valence electrons. The minimum absolute atomic E-state index is 0.234. The first-order chi connectivity index (χ1) is 11.7. The number of aromatic nitrogens is 2. The molecule has 2 aromatic heterocycles. The molecule has 2 N–H and O–H groups in total. The number of nitrogens with one attached hydrogen (secondary N) is 1. The summed E-state index contributed by atoms with van der Waals surface area (Å²) in [5, 5.41) is 10.2. The monoisotopic (exact) mass is 314 g/mol. The number of carboxylic acid groups (broad SMARTS) is 1. The second-order valence-electron chi connectivity index (χ2n) is 5.56. The molecule has 0 atom stereocenters. The predicted molar refractivity (Wildman–Crippen MR) is 93.9 cm³/mol. The average Bonchev–Trinajstić information content (AvgIpc) is 3.05. The fraction of sp³-hybridized carbons (Fsp3) is 0. The van der Waals surface area contributed by atoms with Gasteiger partial charge in [0.2, 0.25) is 0 Å². The second-order valence-corrected chi connectivity index (χ2v) is 5.56. The maximum absolute atomic E-state index is 11.2. The summed E-state index contributed by atoms with van der Waals surface area (Å²) < 4.78 is 0. The first-order valence-corrected chi connectivity index (χ1v) is 7.58. The number of fused-ring (bicyclic) bond motifs is 1. The number of aromatic carboxylic acids is 1. The average molecular weight is 314 g/mol. The van der Waals surface area contributed by atoms with Crippen molar-refractivity contribution in [3.63, 3.8) is 0 Å². The molecule has 0 aliphatic rings.